The van der Waals surface area contributed by atoms with Gasteiger partial charge < -0.3 is 21.3 Å². The van der Waals surface area contributed by atoms with E-state index in [2.05, 4.69) is 22.1 Å². The highest BCUT2D eigenvalue weighted by atomic mass is 16.2. The van der Waals surface area contributed by atoms with Gasteiger partial charge in [-0.2, -0.15) is 4.98 Å². The van der Waals surface area contributed by atoms with E-state index in [0.717, 1.165) is 32.5 Å². The summed E-state index contributed by atoms with van der Waals surface area (Å²) in [6.45, 7) is 9.96. The lowest BCUT2D eigenvalue weighted by molar-refractivity contribution is -0.137. The second-order valence-corrected chi connectivity index (χ2v) is 11.0. The van der Waals surface area contributed by atoms with Crippen LogP contribution in [0.4, 0.5) is 10.6 Å². The number of aromatic nitrogens is 2. The minimum Gasteiger partial charge on any atom is -0.338 e. The van der Waals surface area contributed by atoms with Gasteiger partial charge in [0.2, 0.25) is 5.91 Å². The second-order valence-electron chi connectivity index (χ2n) is 11.0. The molecule has 0 spiro atoms. The summed E-state index contributed by atoms with van der Waals surface area (Å²) in [4.78, 5) is 47.5. The third-order valence-corrected chi connectivity index (χ3v) is 7.30. The normalized spacial score (nSPS) is 19.8. The summed E-state index contributed by atoms with van der Waals surface area (Å²) in [5, 5.41) is 2.69. The van der Waals surface area contributed by atoms with Crippen molar-refractivity contribution in [2.24, 2.45) is 17.4 Å². The number of piperazine rings is 1. The maximum absolute atomic E-state index is 12.7. The maximum atomic E-state index is 12.7. The molecular weight excluding hydrogens is 484 g/mol. The molecule has 3 amide bonds. The minimum absolute atomic E-state index is 0.141. The first-order valence-electron chi connectivity index (χ1n) is 13.3. The molecular formula is C27H40N8O3. The van der Waals surface area contributed by atoms with Crippen molar-refractivity contribution in [3.05, 3.63) is 52.6 Å². The quantitative estimate of drug-likeness (QED) is 0.471. The third-order valence-electron chi connectivity index (χ3n) is 7.30. The number of hydrogen-bond donors (Lipinski definition) is 3. The Morgan fingerprint density at radius 1 is 1.08 bits per heavy atom. The van der Waals surface area contributed by atoms with Crippen LogP contribution in [0.25, 0.3) is 5.69 Å². The molecule has 0 radical (unpaired) electrons. The Bertz CT molecular complexity index is 1180. The van der Waals surface area contributed by atoms with Gasteiger partial charge in [0.05, 0.1) is 11.2 Å². The maximum Gasteiger partial charge on any atom is 0.354 e. The number of amides is 3. The van der Waals surface area contributed by atoms with E-state index < -0.39 is 11.2 Å². The molecule has 206 valence electrons. The van der Waals surface area contributed by atoms with Gasteiger partial charge in [-0.3, -0.25) is 19.6 Å². The molecule has 4 rings (SSSR count). The van der Waals surface area contributed by atoms with Crippen LogP contribution < -0.4 is 22.5 Å². The van der Waals surface area contributed by atoms with Crippen molar-refractivity contribution in [1.29, 1.82) is 0 Å². The highest BCUT2D eigenvalue weighted by Crippen LogP contribution is 2.27. The molecule has 1 aromatic heterocycles. The van der Waals surface area contributed by atoms with Crippen molar-refractivity contribution >= 4 is 17.8 Å². The summed E-state index contributed by atoms with van der Waals surface area (Å²) in [6.07, 6.45) is 3.82. The average molecular weight is 525 g/mol. The van der Waals surface area contributed by atoms with Crippen LogP contribution in [0.3, 0.4) is 0 Å². The highest BCUT2D eigenvalue weighted by Gasteiger charge is 2.31. The van der Waals surface area contributed by atoms with Crippen LogP contribution in [0.5, 0.6) is 0 Å². The molecule has 0 atom stereocenters. The number of carbonyl (C=O) groups is 2. The van der Waals surface area contributed by atoms with E-state index in [4.69, 9.17) is 11.5 Å². The number of nitrogens with two attached hydrogens (primary N) is 2. The van der Waals surface area contributed by atoms with Crippen molar-refractivity contribution in [2.45, 2.75) is 51.7 Å². The van der Waals surface area contributed by atoms with E-state index in [1.807, 2.05) is 24.3 Å². The molecule has 1 saturated heterocycles. The van der Waals surface area contributed by atoms with Gasteiger partial charge in [-0.05, 0) is 62.9 Å². The first-order chi connectivity index (χ1) is 18.0. The number of hydrogen-bond acceptors (Lipinski definition) is 7. The molecule has 1 aromatic carbocycles. The van der Waals surface area contributed by atoms with Crippen LogP contribution in [0.1, 0.15) is 39.2 Å². The lowest BCUT2D eigenvalue weighted by Gasteiger charge is -2.37. The van der Waals surface area contributed by atoms with Crippen molar-refractivity contribution in [3.63, 3.8) is 0 Å². The van der Waals surface area contributed by atoms with Crippen LogP contribution in [0.2, 0.25) is 0 Å². The number of urea groups is 1. The van der Waals surface area contributed by atoms with Crippen molar-refractivity contribution in [2.75, 3.05) is 44.6 Å². The summed E-state index contributed by atoms with van der Waals surface area (Å²) < 4.78 is 1.45. The zero-order chi connectivity index (χ0) is 27.4. The van der Waals surface area contributed by atoms with Gasteiger partial charge in [-0.1, -0.05) is 19.1 Å². The monoisotopic (exact) mass is 524 g/mol. The fraction of sp³-hybridized carbons (Fsp3) is 0.556. The summed E-state index contributed by atoms with van der Waals surface area (Å²) in [5.74, 6) is 0.728. The van der Waals surface area contributed by atoms with Gasteiger partial charge in [0.15, 0.2) is 0 Å². The van der Waals surface area contributed by atoms with Crippen LogP contribution in [-0.2, 0) is 11.3 Å². The Balaban J connectivity index is 1.31. The predicted octanol–water partition coefficient (Wildman–Crippen LogP) is 1.21. The van der Waals surface area contributed by atoms with Crippen molar-refractivity contribution < 1.29 is 9.59 Å². The van der Waals surface area contributed by atoms with E-state index in [-0.39, 0.29) is 17.8 Å². The standard InChI is InChI=1S/C27H40N8O3/c1-4-32(18-20-15-21(28)16-20)17-19-5-7-22(8-6-19)35-10-9-23(31-26(35)38)30-25(37)34-13-11-33(12-14-34)24(36)27(2,3)29/h5-10,20-21H,4,11-18,28-29H2,1-3H3,(H,30,31,37,38). The Labute approximate surface area is 223 Å². The molecule has 1 aliphatic heterocycles. The molecule has 0 bridgehead atoms. The van der Waals surface area contributed by atoms with E-state index >= 15 is 0 Å². The highest BCUT2D eigenvalue weighted by molar-refractivity contribution is 5.89. The molecule has 2 aliphatic rings. The summed E-state index contributed by atoms with van der Waals surface area (Å²) >= 11 is 0. The van der Waals surface area contributed by atoms with Gasteiger partial charge in [-0.25, -0.2) is 9.59 Å². The molecule has 38 heavy (non-hydrogen) atoms. The summed E-state index contributed by atoms with van der Waals surface area (Å²) in [5.41, 5.74) is 12.3. The van der Waals surface area contributed by atoms with Crippen LogP contribution in [-0.4, -0.2) is 87.0 Å². The Kier molecular flexibility index (Phi) is 8.49. The number of anilines is 1. The molecule has 11 nitrogen and oxygen atoms in total. The number of rotatable bonds is 8. The van der Waals surface area contributed by atoms with Gasteiger partial charge >= 0.3 is 11.7 Å². The second kappa shape index (κ2) is 11.6. The number of benzene rings is 1. The van der Waals surface area contributed by atoms with Gasteiger partial charge in [0, 0.05) is 51.5 Å². The third kappa shape index (κ3) is 6.77. The number of nitrogens with one attached hydrogen (secondary N) is 1. The topological polar surface area (TPSA) is 143 Å². The molecule has 2 heterocycles. The van der Waals surface area contributed by atoms with Gasteiger partial charge in [0.1, 0.15) is 5.82 Å². The molecule has 5 N–H and O–H groups in total. The fourth-order valence-corrected chi connectivity index (χ4v) is 5.01. The molecule has 2 aromatic rings. The Morgan fingerprint density at radius 2 is 1.71 bits per heavy atom. The van der Waals surface area contributed by atoms with Crippen LogP contribution in [0.15, 0.2) is 41.3 Å². The van der Waals surface area contributed by atoms with E-state index in [1.54, 1.807) is 35.9 Å². The Morgan fingerprint density at radius 3 is 2.26 bits per heavy atom. The smallest absolute Gasteiger partial charge is 0.338 e. The molecule has 0 unspecified atom stereocenters. The van der Waals surface area contributed by atoms with Crippen LogP contribution >= 0.6 is 0 Å². The Hall–Kier alpha value is -3.28. The van der Waals surface area contributed by atoms with E-state index in [9.17, 15) is 14.4 Å². The summed E-state index contributed by atoms with van der Waals surface area (Å²) in [7, 11) is 0. The molecule has 11 heteroatoms. The molecule has 1 saturated carbocycles. The first kappa shape index (κ1) is 27.7. The molecule has 1 aliphatic carbocycles. The zero-order valence-corrected chi connectivity index (χ0v) is 22.6. The number of carbonyl (C=O) groups excluding carboxylic acids is 2. The zero-order valence-electron chi connectivity index (χ0n) is 22.6. The first-order valence-corrected chi connectivity index (χ1v) is 13.3. The summed E-state index contributed by atoms with van der Waals surface area (Å²) in [6, 6.07) is 9.49. The SMILES string of the molecule is CCN(Cc1ccc(-n2ccc(NC(=O)N3CCN(C(=O)C(C)(C)N)CC3)nc2=O)cc1)CC1CC(N)C1. The predicted molar refractivity (Wildman–Crippen MR) is 147 cm³/mol. The molecule has 2 fully saturated rings. The van der Waals surface area contributed by atoms with Crippen LogP contribution in [0, 0.1) is 5.92 Å². The van der Waals surface area contributed by atoms with E-state index in [0.29, 0.717) is 43.8 Å². The largest absolute Gasteiger partial charge is 0.354 e. The number of nitrogens with zero attached hydrogens (tertiary/aromatic N) is 5. The lowest BCUT2D eigenvalue weighted by atomic mass is 9.80. The van der Waals surface area contributed by atoms with Crippen molar-refractivity contribution in [1.82, 2.24) is 24.3 Å². The van der Waals surface area contributed by atoms with Gasteiger partial charge in [0.25, 0.3) is 0 Å². The van der Waals surface area contributed by atoms with E-state index in [1.165, 1.54) is 10.1 Å². The van der Waals surface area contributed by atoms with Gasteiger partial charge in [-0.15, -0.1) is 0 Å². The van der Waals surface area contributed by atoms with Crippen molar-refractivity contribution in [3.8, 4) is 5.69 Å². The lowest BCUT2D eigenvalue weighted by Crippen LogP contribution is -2.58. The minimum atomic E-state index is -0.945. The average Bonchev–Trinajstić information content (AvgIpc) is 2.87. The fourth-order valence-electron chi connectivity index (χ4n) is 5.01.